The average Bonchev–Trinajstić information content (AvgIpc) is 2.49. The first kappa shape index (κ1) is 12.4. The maximum absolute atomic E-state index is 5.84. The van der Waals surface area contributed by atoms with Crippen LogP contribution in [0.1, 0.15) is 11.1 Å². The van der Waals surface area contributed by atoms with Gasteiger partial charge in [0, 0.05) is 18.0 Å². The Morgan fingerprint density at radius 3 is 2.40 bits per heavy atom. The van der Waals surface area contributed by atoms with E-state index in [1.54, 1.807) is 6.20 Å². The maximum Gasteiger partial charge on any atom is 0.0506 e. The van der Waals surface area contributed by atoms with Crippen molar-refractivity contribution in [3.63, 3.8) is 0 Å². The number of anilines is 1. The van der Waals surface area contributed by atoms with Crippen molar-refractivity contribution in [3.05, 3.63) is 84.2 Å². The topological polar surface area (TPSA) is 38.9 Å². The Bertz CT molecular complexity index is 705. The van der Waals surface area contributed by atoms with Crippen LogP contribution >= 0.6 is 0 Å². The molecule has 1 heterocycles. The number of nitrogen functional groups attached to an aromatic ring is 1. The molecule has 2 aromatic carbocycles. The summed E-state index contributed by atoms with van der Waals surface area (Å²) in [4.78, 5) is 4.18. The van der Waals surface area contributed by atoms with E-state index in [-0.39, 0.29) is 0 Å². The van der Waals surface area contributed by atoms with Gasteiger partial charge in [0.2, 0.25) is 0 Å². The van der Waals surface area contributed by atoms with Crippen molar-refractivity contribution in [2.24, 2.45) is 0 Å². The molecule has 0 bridgehead atoms. The van der Waals surface area contributed by atoms with Crippen LogP contribution in [0.5, 0.6) is 0 Å². The highest BCUT2D eigenvalue weighted by Crippen LogP contribution is 2.26. The van der Waals surface area contributed by atoms with Gasteiger partial charge in [0.15, 0.2) is 0 Å². The molecule has 2 heteroatoms. The maximum atomic E-state index is 5.84. The molecule has 1 aromatic heterocycles. The van der Waals surface area contributed by atoms with E-state index in [1.165, 1.54) is 16.7 Å². The highest BCUT2D eigenvalue weighted by molar-refractivity contribution is 5.69. The van der Waals surface area contributed by atoms with Crippen LogP contribution in [-0.4, -0.2) is 4.98 Å². The molecule has 0 atom stereocenters. The summed E-state index contributed by atoms with van der Waals surface area (Å²) in [7, 11) is 0. The molecule has 2 nitrogen and oxygen atoms in total. The molecule has 2 N–H and O–H groups in total. The van der Waals surface area contributed by atoms with Crippen LogP contribution < -0.4 is 5.73 Å². The number of nitrogens with zero attached hydrogens (tertiary/aromatic N) is 1. The van der Waals surface area contributed by atoms with Gasteiger partial charge < -0.3 is 5.73 Å². The van der Waals surface area contributed by atoms with Crippen LogP contribution in [0.2, 0.25) is 0 Å². The lowest BCUT2D eigenvalue weighted by Gasteiger charge is -2.10. The second-order valence-corrected chi connectivity index (χ2v) is 4.83. The molecule has 0 amide bonds. The molecule has 3 aromatic rings. The third-order valence-electron chi connectivity index (χ3n) is 3.33. The fourth-order valence-corrected chi connectivity index (χ4v) is 2.38. The number of hydrogen-bond acceptors (Lipinski definition) is 2. The number of hydrogen-bond donors (Lipinski definition) is 1. The van der Waals surface area contributed by atoms with Crippen molar-refractivity contribution in [1.82, 2.24) is 4.98 Å². The lowest BCUT2D eigenvalue weighted by Crippen LogP contribution is -1.93. The molecule has 98 valence electrons. The van der Waals surface area contributed by atoms with Gasteiger partial charge in [-0.05, 0) is 29.2 Å². The highest BCUT2D eigenvalue weighted by atomic mass is 14.7. The Kier molecular flexibility index (Phi) is 3.46. The van der Waals surface area contributed by atoms with Crippen LogP contribution in [0.4, 0.5) is 5.69 Å². The van der Waals surface area contributed by atoms with Gasteiger partial charge in [-0.1, -0.05) is 54.6 Å². The summed E-state index contributed by atoms with van der Waals surface area (Å²) in [6.45, 7) is 0. The van der Waals surface area contributed by atoms with Gasteiger partial charge in [-0.15, -0.1) is 0 Å². The number of nitrogens with two attached hydrogens (primary N) is 1. The van der Waals surface area contributed by atoms with E-state index in [0.717, 1.165) is 12.0 Å². The molecule has 0 fully saturated rings. The Hall–Kier alpha value is -2.61. The van der Waals surface area contributed by atoms with Crippen LogP contribution in [0.15, 0.2) is 73.1 Å². The standard InChI is InChI=1S/C18H16N2/c19-17-11-16(12-20-13-17)18-9-5-4-8-15(18)10-14-6-2-1-3-7-14/h1-9,11-13H,10,19H2. The third-order valence-corrected chi connectivity index (χ3v) is 3.33. The van der Waals surface area contributed by atoms with Crippen molar-refractivity contribution in [1.29, 1.82) is 0 Å². The highest BCUT2D eigenvalue weighted by Gasteiger charge is 2.06. The predicted molar refractivity (Wildman–Crippen MR) is 83.3 cm³/mol. The van der Waals surface area contributed by atoms with Gasteiger partial charge in [0.05, 0.1) is 5.69 Å². The van der Waals surface area contributed by atoms with Gasteiger partial charge >= 0.3 is 0 Å². The van der Waals surface area contributed by atoms with Crippen molar-refractivity contribution in [2.45, 2.75) is 6.42 Å². The zero-order valence-electron chi connectivity index (χ0n) is 11.2. The first-order chi connectivity index (χ1) is 9.83. The summed E-state index contributed by atoms with van der Waals surface area (Å²) in [5.74, 6) is 0. The van der Waals surface area contributed by atoms with Crippen molar-refractivity contribution in [3.8, 4) is 11.1 Å². The lowest BCUT2D eigenvalue weighted by molar-refractivity contribution is 1.19. The Balaban J connectivity index is 2.00. The van der Waals surface area contributed by atoms with Crippen molar-refractivity contribution in [2.75, 3.05) is 5.73 Å². The summed E-state index contributed by atoms with van der Waals surface area (Å²) in [5, 5.41) is 0. The molecule has 0 aliphatic heterocycles. The van der Waals surface area contributed by atoms with Crippen molar-refractivity contribution < 1.29 is 0 Å². The van der Waals surface area contributed by atoms with Crippen LogP contribution in [0.25, 0.3) is 11.1 Å². The van der Waals surface area contributed by atoms with E-state index < -0.39 is 0 Å². The molecular formula is C18H16N2. The van der Waals surface area contributed by atoms with Gasteiger partial charge in [-0.2, -0.15) is 0 Å². The van der Waals surface area contributed by atoms with E-state index in [2.05, 4.69) is 47.4 Å². The molecule has 0 saturated carbocycles. The molecule has 0 aliphatic carbocycles. The minimum atomic E-state index is 0.692. The quantitative estimate of drug-likeness (QED) is 0.775. The normalized spacial score (nSPS) is 10.4. The first-order valence-electron chi connectivity index (χ1n) is 6.65. The van der Waals surface area contributed by atoms with E-state index in [0.29, 0.717) is 5.69 Å². The molecule has 0 aliphatic rings. The van der Waals surface area contributed by atoms with Crippen molar-refractivity contribution >= 4 is 5.69 Å². The zero-order valence-corrected chi connectivity index (χ0v) is 11.2. The molecular weight excluding hydrogens is 244 g/mol. The van der Waals surface area contributed by atoms with Gasteiger partial charge in [0.25, 0.3) is 0 Å². The average molecular weight is 260 g/mol. The fourth-order valence-electron chi connectivity index (χ4n) is 2.38. The van der Waals surface area contributed by atoms with Crippen LogP contribution in [-0.2, 0) is 6.42 Å². The van der Waals surface area contributed by atoms with Gasteiger partial charge in [-0.25, -0.2) is 0 Å². The number of pyridine rings is 1. The first-order valence-corrected chi connectivity index (χ1v) is 6.65. The molecule has 20 heavy (non-hydrogen) atoms. The third kappa shape index (κ3) is 2.69. The number of benzene rings is 2. The molecule has 3 rings (SSSR count). The van der Waals surface area contributed by atoms with Gasteiger partial charge in [0.1, 0.15) is 0 Å². The van der Waals surface area contributed by atoms with E-state index >= 15 is 0 Å². The Morgan fingerprint density at radius 1 is 0.850 bits per heavy atom. The number of rotatable bonds is 3. The molecule has 0 unspecified atom stereocenters. The summed E-state index contributed by atoms with van der Waals surface area (Å²) >= 11 is 0. The van der Waals surface area contributed by atoms with Crippen LogP contribution in [0, 0.1) is 0 Å². The minimum Gasteiger partial charge on any atom is -0.397 e. The Labute approximate surface area is 118 Å². The largest absolute Gasteiger partial charge is 0.397 e. The van der Waals surface area contributed by atoms with Gasteiger partial charge in [-0.3, -0.25) is 4.98 Å². The SMILES string of the molecule is Nc1cncc(-c2ccccc2Cc2ccccc2)c1. The van der Waals surface area contributed by atoms with E-state index in [4.69, 9.17) is 5.73 Å². The Morgan fingerprint density at radius 2 is 1.60 bits per heavy atom. The second-order valence-electron chi connectivity index (χ2n) is 4.83. The number of aromatic nitrogens is 1. The summed E-state index contributed by atoms with van der Waals surface area (Å²) < 4.78 is 0. The van der Waals surface area contributed by atoms with E-state index in [1.807, 2.05) is 24.4 Å². The molecule has 0 radical (unpaired) electrons. The predicted octanol–water partition coefficient (Wildman–Crippen LogP) is 3.92. The molecule has 0 saturated heterocycles. The summed E-state index contributed by atoms with van der Waals surface area (Å²) in [6, 6.07) is 20.8. The molecule has 0 spiro atoms. The second kappa shape index (κ2) is 5.57. The fraction of sp³-hybridized carbons (Fsp3) is 0.0556. The van der Waals surface area contributed by atoms with E-state index in [9.17, 15) is 0 Å². The monoisotopic (exact) mass is 260 g/mol. The minimum absolute atomic E-state index is 0.692. The lowest BCUT2D eigenvalue weighted by atomic mass is 9.96. The zero-order chi connectivity index (χ0) is 13.8. The summed E-state index contributed by atoms with van der Waals surface area (Å²) in [6.07, 6.45) is 4.44. The van der Waals surface area contributed by atoms with Crippen LogP contribution in [0.3, 0.4) is 0 Å². The smallest absolute Gasteiger partial charge is 0.0506 e. The summed E-state index contributed by atoms with van der Waals surface area (Å²) in [5.41, 5.74) is 11.4.